The topological polar surface area (TPSA) is 81.3 Å². The van der Waals surface area contributed by atoms with Crippen LogP contribution >= 0.6 is 0 Å². The highest BCUT2D eigenvalue weighted by Crippen LogP contribution is 2.29. The molecular formula is C28H24N2O4. The van der Waals surface area contributed by atoms with Gasteiger partial charge in [-0.15, -0.1) is 0 Å². The number of allylic oxidation sites excluding steroid dienone is 2. The zero-order chi connectivity index (χ0) is 23.8. The maximum absolute atomic E-state index is 12.3. The van der Waals surface area contributed by atoms with Crippen LogP contribution in [0.5, 0.6) is 11.5 Å². The summed E-state index contributed by atoms with van der Waals surface area (Å²) in [4.78, 5) is 31.9. The van der Waals surface area contributed by atoms with Gasteiger partial charge in [0.15, 0.2) is 23.1 Å². The second kappa shape index (κ2) is 10.9. The molecule has 2 aromatic heterocycles. The van der Waals surface area contributed by atoms with Gasteiger partial charge in [-0.2, -0.15) is 0 Å². The lowest BCUT2D eigenvalue weighted by Gasteiger charge is -2.11. The number of rotatable bonds is 10. The number of nitrogens with one attached hydrogen (secondary N) is 1. The molecule has 4 aromatic rings. The Bertz CT molecular complexity index is 1350. The third-order valence-electron chi connectivity index (χ3n) is 5.14. The van der Waals surface area contributed by atoms with Crippen molar-refractivity contribution >= 4 is 34.6 Å². The van der Waals surface area contributed by atoms with Crippen LogP contribution in [0.15, 0.2) is 85.2 Å². The predicted molar refractivity (Wildman–Crippen MR) is 133 cm³/mol. The maximum atomic E-state index is 12.3. The lowest BCUT2D eigenvalue weighted by molar-refractivity contribution is -0.121. The summed E-state index contributed by atoms with van der Waals surface area (Å²) < 4.78 is 11.2. The molecule has 0 aliphatic rings. The Morgan fingerprint density at radius 3 is 2.41 bits per heavy atom. The van der Waals surface area contributed by atoms with Gasteiger partial charge in [0, 0.05) is 17.9 Å². The Hall–Kier alpha value is -4.45. The Morgan fingerprint density at radius 2 is 1.68 bits per heavy atom. The molecule has 0 unspecified atom stereocenters. The maximum Gasteiger partial charge on any atom is 0.163 e. The van der Waals surface area contributed by atoms with Crippen molar-refractivity contribution in [3.63, 3.8) is 0 Å². The molecule has 6 nitrogen and oxygen atoms in total. The fraction of sp³-hybridized carbons (Fsp3) is 0.107. The molecule has 2 aromatic carbocycles. The number of benzene rings is 2. The van der Waals surface area contributed by atoms with Gasteiger partial charge in [-0.25, -0.2) is 0 Å². The van der Waals surface area contributed by atoms with Gasteiger partial charge in [-0.3, -0.25) is 14.6 Å². The molecule has 0 aliphatic carbocycles. The fourth-order valence-electron chi connectivity index (χ4n) is 3.39. The molecule has 34 heavy (non-hydrogen) atoms. The van der Waals surface area contributed by atoms with Gasteiger partial charge in [-0.05, 0) is 71.1 Å². The number of hydrogen-bond donors (Lipinski definition) is 1. The molecule has 6 heteroatoms. The van der Waals surface area contributed by atoms with Gasteiger partial charge >= 0.3 is 0 Å². The molecular weight excluding hydrogens is 428 g/mol. The van der Waals surface area contributed by atoms with Crippen molar-refractivity contribution in [2.24, 2.45) is 0 Å². The van der Waals surface area contributed by atoms with Crippen LogP contribution in [-0.4, -0.2) is 28.6 Å². The van der Waals surface area contributed by atoms with Gasteiger partial charge in [0.05, 0.1) is 19.2 Å². The summed E-state index contributed by atoms with van der Waals surface area (Å²) in [7, 11) is 1.57. The van der Waals surface area contributed by atoms with Crippen LogP contribution in [0, 0.1) is 0 Å². The largest absolute Gasteiger partial charge is 0.493 e. The molecule has 0 fully saturated rings. The van der Waals surface area contributed by atoms with E-state index >= 15 is 0 Å². The van der Waals surface area contributed by atoms with E-state index in [9.17, 15) is 9.59 Å². The van der Waals surface area contributed by atoms with E-state index in [4.69, 9.17) is 9.47 Å². The van der Waals surface area contributed by atoms with E-state index in [1.54, 1.807) is 37.6 Å². The minimum Gasteiger partial charge on any atom is -0.493 e. The first kappa shape index (κ1) is 22.7. The van der Waals surface area contributed by atoms with Crippen molar-refractivity contribution in [1.29, 1.82) is 0 Å². The number of aromatic nitrogens is 2. The first-order chi connectivity index (χ1) is 16.6. The Kier molecular flexibility index (Phi) is 7.30. The number of H-pyrrole nitrogens is 1. The molecule has 0 spiro atoms. The number of ketones is 2. The summed E-state index contributed by atoms with van der Waals surface area (Å²) in [6, 6.07) is 18.8. The van der Waals surface area contributed by atoms with Crippen LogP contribution in [0.2, 0.25) is 0 Å². The number of fused-ring (bicyclic) bond motifs is 1. The second-order valence-corrected chi connectivity index (χ2v) is 7.62. The Morgan fingerprint density at radius 1 is 0.912 bits per heavy atom. The lowest BCUT2D eigenvalue weighted by atomic mass is 10.1. The molecule has 0 amide bonds. The summed E-state index contributed by atoms with van der Waals surface area (Å²) in [5.74, 6) is 0.596. The first-order valence-electron chi connectivity index (χ1n) is 10.8. The monoisotopic (exact) mass is 452 g/mol. The second-order valence-electron chi connectivity index (χ2n) is 7.62. The lowest BCUT2D eigenvalue weighted by Crippen LogP contribution is -2.02. The third kappa shape index (κ3) is 6.07. The number of carbonyl (C=O) groups is 2. The van der Waals surface area contributed by atoms with E-state index in [0.29, 0.717) is 18.1 Å². The van der Waals surface area contributed by atoms with E-state index < -0.39 is 0 Å². The van der Waals surface area contributed by atoms with Gasteiger partial charge < -0.3 is 14.5 Å². The highest BCUT2D eigenvalue weighted by Gasteiger charge is 2.07. The van der Waals surface area contributed by atoms with Crippen LogP contribution in [0.4, 0.5) is 0 Å². The number of carbonyl (C=O) groups excluding carboxylic acids is 2. The van der Waals surface area contributed by atoms with Gasteiger partial charge in [-0.1, -0.05) is 30.4 Å². The molecule has 0 bridgehead atoms. The zero-order valence-corrected chi connectivity index (χ0v) is 18.7. The summed E-state index contributed by atoms with van der Waals surface area (Å²) in [6.07, 6.45) is 9.61. The summed E-state index contributed by atoms with van der Waals surface area (Å²) in [5, 5.41) is 1.07. The molecule has 170 valence electrons. The van der Waals surface area contributed by atoms with E-state index in [-0.39, 0.29) is 18.0 Å². The molecule has 4 rings (SSSR count). The summed E-state index contributed by atoms with van der Waals surface area (Å²) in [5.41, 5.74) is 3.49. The first-order valence-corrected chi connectivity index (χ1v) is 10.8. The SMILES string of the molecule is COc1ccc(/C=C/C(=O)CC(=O)/C=C/c2ccc3[nH]ccc3c2)cc1OCc1ccccn1. The quantitative estimate of drug-likeness (QED) is 0.257. The van der Waals surface area contributed by atoms with E-state index in [1.807, 2.05) is 54.7 Å². The van der Waals surface area contributed by atoms with Crippen LogP contribution < -0.4 is 9.47 Å². The number of ether oxygens (including phenoxy) is 2. The molecule has 2 heterocycles. The highest BCUT2D eigenvalue weighted by atomic mass is 16.5. The Balaban J connectivity index is 1.35. The molecule has 0 saturated heterocycles. The normalized spacial score (nSPS) is 11.3. The molecule has 0 saturated carbocycles. The van der Waals surface area contributed by atoms with Crippen LogP contribution in [0.3, 0.4) is 0 Å². The van der Waals surface area contributed by atoms with Crippen LogP contribution in [-0.2, 0) is 16.2 Å². The minimum absolute atomic E-state index is 0.196. The highest BCUT2D eigenvalue weighted by molar-refractivity contribution is 6.11. The molecule has 0 radical (unpaired) electrons. The number of aromatic amines is 1. The van der Waals surface area contributed by atoms with Crippen molar-refractivity contribution in [2.75, 3.05) is 7.11 Å². The van der Waals surface area contributed by atoms with E-state index in [0.717, 1.165) is 27.7 Å². The molecule has 0 atom stereocenters. The third-order valence-corrected chi connectivity index (χ3v) is 5.14. The van der Waals surface area contributed by atoms with E-state index in [1.165, 1.54) is 12.2 Å². The van der Waals surface area contributed by atoms with Crippen molar-refractivity contribution in [3.8, 4) is 11.5 Å². The summed E-state index contributed by atoms with van der Waals surface area (Å²) >= 11 is 0. The fourth-order valence-corrected chi connectivity index (χ4v) is 3.39. The van der Waals surface area contributed by atoms with Crippen molar-refractivity contribution in [2.45, 2.75) is 13.0 Å². The van der Waals surface area contributed by atoms with E-state index in [2.05, 4.69) is 9.97 Å². The average molecular weight is 453 g/mol. The summed E-state index contributed by atoms with van der Waals surface area (Å²) in [6.45, 7) is 0.293. The Labute approximate surface area is 197 Å². The predicted octanol–water partition coefficient (Wildman–Crippen LogP) is 5.41. The van der Waals surface area contributed by atoms with Gasteiger partial charge in [0.2, 0.25) is 0 Å². The average Bonchev–Trinajstić information content (AvgIpc) is 3.33. The number of methoxy groups -OCH3 is 1. The standard InChI is InChI=1S/C28H24N2O4/c1-33-27-12-8-21(17-28(27)34-19-23-4-2-3-14-29-23)6-10-25(32)18-24(31)9-5-20-7-11-26-22(16-20)13-15-30-26/h2-17,30H,18-19H2,1H3/b9-5+,10-6+. The zero-order valence-electron chi connectivity index (χ0n) is 18.7. The smallest absolute Gasteiger partial charge is 0.163 e. The number of nitrogens with zero attached hydrogens (tertiary/aromatic N) is 1. The van der Waals surface area contributed by atoms with Crippen molar-refractivity contribution < 1.29 is 19.1 Å². The molecule has 0 aliphatic heterocycles. The van der Waals surface area contributed by atoms with Crippen molar-refractivity contribution in [1.82, 2.24) is 9.97 Å². The minimum atomic E-state index is -0.275. The van der Waals surface area contributed by atoms with Gasteiger partial charge in [0.25, 0.3) is 0 Å². The van der Waals surface area contributed by atoms with Gasteiger partial charge in [0.1, 0.15) is 6.61 Å². The van der Waals surface area contributed by atoms with Crippen molar-refractivity contribution in [3.05, 3.63) is 102 Å². The van der Waals surface area contributed by atoms with Crippen LogP contribution in [0.25, 0.3) is 23.1 Å². The molecule has 1 N–H and O–H groups in total. The van der Waals surface area contributed by atoms with Crippen LogP contribution in [0.1, 0.15) is 23.2 Å². The number of hydrogen-bond acceptors (Lipinski definition) is 5. The number of pyridine rings is 1.